The standard InChI is InChI=1S/C17H13F5N2O3S/c18-11-7-14(19)13-4-5-24(15(13)8-11)28(26,27)12-3-1-2-10(6-12)16(25)23-9-17(20,21)22/h1-3,6-8H,4-5,9H2,(H,23,25). The Hall–Kier alpha value is -2.69. The van der Waals surface area contributed by atoms with Crippen molar-refractivity contribution < 1.29 is 35.2 Å². The molecule has 0 aliphatic carbocycles. The minimum atomic E-state index is -4.62. The van der Waals surface area contributed by atoms with E-state index in [0.717, 1.165) is 28.6 Å². The van der Waals surface area contributed by atoms with Crippen LogP contribution >= 0.6 is 0 Å². The Morgan fingerprint density at radius 2 is 1.86 bits per heavy atom. The summed E-state index contributed by atoms with van der Waals surface area (Å²) in [7, 11) is -4.29. The van der Waals surface area contributed by atoms with E-state index in [0.29, 0.717) is 6.07 Å². The number of hydrogen-bond acceptors (Lipinski definition) is 3. The van der Waals surface area contributed by atoms with Crippen molar-refractivity contribution in [3.05, 3.63) is 59.2 Å². The number of benzene rings is 2. The van der Waals surface area contributed by atoms with Crippen LogP contribution in [0.15, 0.2) is 41.3 Å². The second-order valence-electron chi connectivity index (χ2n) is 6.04. The number of fused-ring (bicyclic) bond motifs is 1. The van der Waals surface area contributed by atoms with Gasteiger partial charge in [-0.15, -0.1) is 0 Å². The molecule has 0 saturated carbocycles. The predicted octanol–water partition coefficient (Wildman–Crippen LogP) is 3.01. The molecule has 0 unspecified atom stereocenters. The molecule has 0 saturated heterocycles. The highest BCUT2D eigenvalue weighted by Crippen LogP contribution is 2.35. The number of carbonyl (C=O) groups is 1. The van der Waals surface area contributed by atoms with Crippen LogP contribution in [0.5, 0.6) is 0 Å². The van der Waals surface area contributed by atoms with Gasteiger partial charge in [0.2, 0.25) is 0 Å². The summed E-state index contributed by atoms with van der Waals surface area (Å²) in [4.78, 5) is 11.5. The van der Waals surface area contributed by atoms with E-state index in [-0.39, 0.29) is 34.7 Å². The maximum atomic E-state index is 13.9. The predicted molar refractivity (Wildman–Crippen MR) is 89.4 cm³/mol. The Balaban J connectivity index is 1.92. The van der Waals surface area contributed by atoms with E-state index in [9.17, 15) is 35.2 Å². The fraction of sp³-hybridized carbons (Fsp3) is 0.235. The van der Waals surface area contributed by atoms with Crippen molar-refractivity contribution >= 4 is 21.6 Å². The molecule has 2 aromatic carbocycles. The van der Waals surface area contributed by atoms with Gasteiger partial charge in [-0.05, 0) is 30.7 Å². The van der Waals surface area contributed by atoms with E-state index in [1.807, 2.05) is 0 Å². The lowest BCUT2D eigenvalue weighted by Crippen LogP contribution is -2.34. The number of amides is 1. The second kappa shape index (κ2) is 7.04. The number of sulfonamides is 1. The van der Waals surface area contributed by atoms with E-state index in [1.54, 1.807) is 5.32 Å². The van der Waals surface area contributed by atoms with Gasteiger partial charge in [0.1, 0.15) is 18.2 Å². The molecule has 1 heterocycles. The molecule has 0 spiro atoms. The Morgan fingerprint density at radius 3 is 2.54 bits per heavy atom. The number of halogens is 5. The number of hydrogen-bond donors (Lipinski definition) is 1. The van der Waals surface area contributed by atoms with Crippen LogP contribution in [-0.4, -0.2) is 33.6 Å². The first kappa shape index (κ1) is 20.1. The molecule has 5 nitrogen and oxygen atoms in total. The molecule has 1 N–H and O–H groups in total. The van der Waals surface area contributed by atoms with Crippen LogP contribution in [-0.2, 0) is 16.4 Å². The first-order valence-electron chi connectivity index (χ1n) is 7.95. The monoisotopic (exact) mass is 420 g/mol. The zero-order chi connectivity index (χ0) is 20.7. The molecule has 0 radical (unpaired) electrons. The first-order chi connectivity index (χ1) is 13.0. The molecule has 1 aliphatic rings. The van der Waals surface area contributed by atoms with E-state index in [1.165, 1.54) is 6.07 Å². The van der Waals surface area contributed by atoms with Gasteiger partial charge in [0.15, 0.2) is 0 Å². The number of anilines is 1. The number of carbonyl (C=O) groups excluding carboxylic acids is 1. The second-order valence-corrected chi connectivity index (χ2v) is 7.90. The minimum absolute atomic E-state index is 0.0342. The number of rotatable bonds is 4. The van der Waals surface area contributed by atoms with Crippen LogP contribution in [0, 0.1) is 11.6 Å². The molecule has 0 aromatic heterocycles. The third-order valence-electron chi connectivity index (χ3n) is 4.10. The fourth-order valence-corrected chi connectivity index (χ4v) is 4.39. The molecular formula is C17H13F5N2O3S. The van der Waals surface area contributed by atoms with Gasteiger partial charge in [-0.1, -0.05) is 6.07 Å². The summed E-state index contributed by atoms with van der Waals surface area (Å²) < 4.78 is 90.7. The summed E-state index contributed by atoms with van der Waals surface area (Å²) in [6.07, 6.45) is -4.58. The Kier molecular flexibility index (Phi) is 5.04. The molecule has 2 aromatic rings. The topological polar surface area (TPSA) is 66.5 Å². The Labute approximate surface area is 156 Å². The van der Waals surface area contributed by atoms with Crippen LogP contribution in [0.25, 0.3) is 0 Å². The van der Waals surface area contributed by atoms with Crippen molar-refractivity contribution in [2.24, 2.45) is 0 Å². The zero-order valence-corrected chi connectivity index (χ0v) is 14.9. The first-order valence-corrected chi connectivity index (χ1v) is 9.39. The van der Waals surface area contributed by atoms with Gasteiger partial charge in [0.25, 0.3) is 15.9 Å². The van der Waals surface area contributed by atoms with E-state index in [2.05, 4.69) is 0 Å². The average Bonchev–Trinajstić information content (AvgIpc) is 3.04. The van der Waals surface area contributed by atoms with Crippen LogP contribution in [0.1, 0.15) is 15.9 Å². The Morgan fingerprint density at radius 1 is 1.14 bits per heavy atom. The fourth-order valence-electron chi connectivity index (χ4n) is 2.85. The molecule has 0 atom stereocenters. The summed E-state index contributed by atoms with van der Waals surface area (Å²) in [5, 5.41) is 1.65. The van der Waals surface area contributed by atoms with Crippen molar-refractivity contribution in [2.75, 3.05) is 17.4 Å². The third kappa shape index (κ3) is 3.93. The molecule has 1 amide bonds. The molecule has 0 bridgehead atoms. The molecule has 150 valence electrons. The van der Waals surface area contributed by atoms with Gasteiger partial charge >= 0.3 is 6.18 Å². The molecular weight excluding hydrogens is 407 g/mol. The van der Waals surface area contributed by atoms with Crippen molar-refractivity contribution in [1.82, 2.24) is 5.32 Å². The van der Waals surface area contributed by atoms with E-state index >= 15 is 0 Å². The van der Waals surface area contributed by atoms with Gasteiger partial charge in [-0.3, -0.25) is 9.10 Å². The zero-order valence-electron chi connectivity index (χ0n) is 14.1. The summed E-state index contributed by atoms with van der Waals surface area (Å²) >= 11 is 0. The quantitative estimate of drug-likeness (QED) is 0.774. The van der Waals surface area contributed by atoms with Crippen molar-refractivity contribution in [1.29, 1.82) is 0 Å². The Bertz CT molecular complexity index is 1040. The lowest BCUT2D eigenvalue weighted by molar-refractivity contribution is -0.123. The van der Waals surface area contributed by atoms with Gasteiger partial charge in [0, 0.05) is 23.7 Å². The molecule has 1 aliphatic heterocycles. The van der Waals surface area contributed by atoms with E-state index < -0.39 is 40.3 Å². The number of nitrogens with zero attached hydrogens (tertiary/aromatic N) is 1. The SMILES string of the molecule is O=C(NCC(F)(F)F)c1cccc(S(=O)(=O)N2CCc3c(F)cc(F)cc32)c1. The summed E-state index contributed by atoms with van der Waals surface area (Å²) in [5.41, 5.74) is -0.399. The smallest absolute Gasteiger partial charge is 0.343 e. The largest absolute Gasteiger partial charge is 0.405 e. The molecule has 3 rings (SSSR count). The maximum absolute atomic E-state index is 13.9. The van der Waals surface area contributed by atoms with Crippen molar-refractivity contribution in [2.45, 2.75) is 17.5 Å². The maximum Gasteiger partial charge on any atom is 0.405 e. The lowest BCUT2D eigenvalue weighted by Gasteiger charge is -2.20. The lowest BCUT2D eigenvalue weighted by atomic mass is 10.1. The highest BCUT2D eigenvalue weighted by atomic mass is 32.2. The van der Waals surface area contributed by atoms with Crippen LogP contribution in [0.2, 0.25) is 0 Å². The summed E-state index contributed by atoms with van der Waals surface area (Å²) in [5.74, 6) is -2.92. The van der Waals surface area contributed by atoms with Gasteiger partial charge in [-0.25, -0.2) is 17.2 Å². The van der Waals surface area contributed by atoms with Gasteiger partial charge in [-0.2, -0.15) is 13.2 Å². The normalized spacial score (nSPS) is 14.1. The third-order valence-corrected chi connectivity index (χ3v) is 5.91. The van der Waals surface area contributed by atoms with Crippen molar-refractivity contribution in [3.8, 4) is 0 Å². The molecule has 11 heteroatoms. The average molecular weight is 420 g/mol. The van der Waals surface area contributed by atoms with Gasteiger partial charge < -0.3 is 5.32 Å². The summed E-state index contributed by atoms with van der Waals surface area (Å²) in [6, 6.07) is 5.95. The highest BCUT2D eigenvalue weighted by molar-refractivity contribution is 7.92. The number of nitrogens with one attached hydrogen (secondary N) is 1. The summed E-state index contributed by atoms with van der Waals surface area (Å²) in [6.45, 7) is -1.70. The van der Waals surface area contributed by atoms with Crippen molar-refractivity contribution in [3.63, 3.8) is 0 Å². The molecule has 28 heavy (non-hydrogen) atoms. The van der Waals surface area contributed by atoms with Crippen LogP contribution in [0.4, 0.5) is 27.6 Å². The molecule has 0 fully saturated rings. The van der Waals surface area contributed by atoms with Crippen LogP contribution < -0.4 is 9.62 Å². The van der Waals surface area contributed by atoms with Gasteiger partial charge in [0.05, 0.1) is 10.6 Å². The number of alkyl halides is 3. The van der Waals surface area contributed by atoms with E-state index in [4.69, 9.17) is 0 Å². The van der Waals surface area contributed by atoms with Crippen LogP contribution in [0.3, 0.4) is 0 Å². The highest BCUT2D eigenvalue weighted by Gasteiger charge is 2.33. The minimum Gasteiger partial charge on any atom is -0.343 e.